The second kappa shape index (κ2) is 6.09. The van der Waals surface area contributed by atoms with Gasteiger partial charge in [0.1, 0.15) is 0 Å². The van der Waals surface area contributed by atoms with E-state index in [0.717, 1.165) is 18.9 Å². The van der Waals surface area contributed by atoms with Gasteiger partial charge in [-0.15, -0.1) is 0 Å². The molecule has 2 N–H and O–H groups in total. The molecule has 0 aromatic heterocycles. The molecule has 1 fully saturated rings. The molecule has 7 nitrogen and oxygen atoms in total. The van der Waals surface area contributed by atoms with Crippen LogP contribution in [0.4, 0.5) is 11.4 Å². The average Bonchev–Trinajstić information content (AvgIpc) is 2.46. The molecule has 0 aliphatic carbocycles. The lowest BCUT2D eigenvalue weighted by Crippen LogP contribution is -2.37. The monoisotopic (exact) mass is 294 g/mol. The van der Waals surface area contributed by atoms with Gasteiger partial charge in [0.2, 0.25) is 0 Å². The third-order valence-electron chi connectivity index (χ3n) is 3.98. The maximum absolute atomic E-state index is 11.3. The van der Waals surface area contributed by atoms with Crippen molar-refractivity contribution in [1.29, 1.82) is 0 Å². The van der Waals surface area contributed by atoms with Crippen LogP contribution in [0, 0.1) is 16.0 Å². The number of nitro benzene ring substituents is 1. The Hall–Kier alpha value is -2.15. The molecule has 1 aromatic rings. The normalized spacial score (nSPS) is 17.5. The smallest absolute Gasteiger partial charge is 0.338 e. The van der Waals surface area contributed by atoms with Crippen LogP contribution in [-0.2, 0) is 0 Å². The first-order chi connectivity index (χ1) is 9.90. The fourth-order valence-electron chi connectivity index (χ4n) is 2.71. The number of carboxylic acids is 1. The maximum Gasteiger partial charge on any atom is 0.338 e. The summed E-state index contributed by atoms with van der Waals surface area (Å²) in [6.45, 7) is 3.02. The van der Waals surface area contributed by atoms with Crippen LogP contribution in [0.5, 0.6) is 0 Å². The van der Waals surface area contributed by atoms with Crippen LogP contribution < -0.4 is 4.90 Å². The van der Waals surface area contributed by atoms with Crippen molar-refractivity contribution in [3.05, 3.63) is 33.9 Å². The predicted octanol–water partition coefficient (Wildman–Crippen LogP) is 1.89. The fourth-order valence-corrected chi connectivity index (χ4v) is 2.71. The van der Waals surface area contributed by atoms with Gasteiger partial charge in [-0.1, -0.05) is 0 Å². The van der Waals surface area contributed by atoms with E-state index in [0.29, 0.717) is 18.8 Å². The average molecular weight is 294 g/mol. The molecule has 2 rings (SSSR count). The van der Waals surface area contributed by atoms with Gasteiger partial charge in [-0.2, -0.15) is 0 Å². The number of hydrogen-bond acceptors (Lipinski definition) is 5. The van der Waals surface area contributed by atoms with E-state index in [1.807, 2.05) is 4.90 Å². The number of non-ortho nitro benzene ring substituents is 1. The second-order valence-electron chi connectivity index (χ2n) is 5.33. The molecule has 0 bridgehead atoms. The molecule has 114 valence electrons. The first kappa shape index (κ1) is 15.2. The lowest BCUT2D eigenvalue weighted by atomic mass is 9.91. The molecule has 1 saturated heterocycles. The largest absolute Gasteiger partial charge is 0.478 e. The SMILES string of the molecule is CC(O)C1CCN(c2ccc([N+](=O)[O-])cc2C(=O)O)CC1. The van der Waals surface area contributed by atoms with E-state index in [-0.39, 0.29) is 23.3 Å². The quantitative estimate of drug-likeness (QED) is 0.649. The van der Waals surface area contributed by atoms with Gasteiger partial charge in [0.25, 0.3) is 5.69 Å². The summed E-state index contributed by atoms with van der Waals surface area (Å²) in [4.78, 5) is 23.4. The summed E-state index contributed by atoms with van der Waals surface area (Å²) in [5, 5.41) is 29.6. The number of piperidine rings is 1. The molecule has 1 unspecified atom stereocenters. The van der Waals surface area contributed by atoms with Crippen LogP contribution >= 0.6 is 0 Å². The van der Waals surface area contributed by atoms with Crippen molar-refractivity contribution in [1.82, 2.24) is 0 Å². The van der Waals surface area contributed by atoms with Crippen molar-refractivity contribution >= 4 is 17.3 Å². The third kappa shape index (κ3) is 3.30. The van der Waals surface area contributed by atoms with Crippen molar-refractivity contribution < 1.29 is 19.9 Å². The minimum absolute atomic E-state index is 0.0558. The zero-order valence-electron chi connectivity index (χ0n) is 11.7. The van der Waals surface area contributed by atoms with Gasteiger partial charge in [-0.3, -0.25) is 10.1 Å². The topological polar surface area (TPSA) is 104 Å². The van der Waals surface area contributed by atoms with Gasteiger partial charge < -0.3 is 15.1 Å². The van der Waals surface area contributed by atoms with Gasteiger partial charge in [-0.25, -0.2) is 4.79 Å². The number of rotatable bonds is 4. The number of carbonyl (C=O) groups is 1. The third-order valence-corrected chi connectivity index (χ3v) is 3.98. The number of hydrogen-bond donors (Lipinski definition) is 2. The van der Waals surface area contributed by atoms with E-state index < -0.39 is 10.9 Å². The van der Waals surface area contributed by atoms with Crippen molar-refractivity contribution in [2.75, 3.05) is 18.0 Å². The molecule has 0 saturated carbocycles. The van der Waals surface area contributed by atoms with Gasteiger partial charge in [0, 0.05) is 25.2 Å². The van der Waals surface area contributed by atoms with Crippen molar-refractivity contribution in [3.63, 3.8) is 0 Å². The van der Waals surface area contributed by atoms with Gasteiger partial charge >= 0.3 is 5.97 Å². The number of nitro groups is 1. The number of aliphatic hydroxyl groups excluding tert-OH is 1. The number of benzene rings is 1. The molecule has 0 amide bonds. The highest BCUT2D eigenvalue weighted by molar-refractivity contribution is 5.95. The zero-order valence-corrected chi connectivity index (χ0v) is 11.7. The van der Waals surface area contributed by atoms with E-state index >= 15 is 0 Å². The van der Waals surface area contributed by atoms with Crippen LogP contribution in [-0.4, -0.2) is 40.3 Å². The second-order valence-corrected chi connectivity index (χ2v) is 5.33. The highest BCUT2D eigenvalue weighted by Gasteiger charge is 2.26. The number of aromatic carboxylic acids is 1. The van der Waals surface area contributed by atoms with Crippen LogP contribution in [0.25, 0.3) is 0 Å². The van der Waals surface area contributed by atoms with E-state index in [9.17, 15) is 25.1 Å². The summed E-state index contributed by atoms with van der Waals surface area (Å²) >= 11 is 0. The highest BCUT2D eigenvalue weighted by atomic mass is 16.6. The fraction of sp³-hybridized carbons (Fsp3) is 0.500. The van der Waals surface area contributed by atoms with E-state index in [2.05, 4.69) is 0 Å². The summed E-state index contributed by atoms with van der Waals surface area (Å²) in [7, 11) is 0. The molecule has 1 heterocycles. The lowest BCUT2D eigenvalue weighted by Gasteiger charge is -2.35. The van der Waals surface area contributed by atoms with E-state index in [4.69, 9.17) is 0 Å². The minimum Gasteiger partial charge on any atom is -0.478 e. The van der Waals surface area contributed by atoms with Crippen LogP contribution in [0.3, 0.4) is 0 Å². The van der Waals surface area contributed by atoms with Gasteiger partial charge in [-0.05, 0) is 31.7 Å². The minimum atomic E-state index is -1.17. The Morgan fingerprint density at radius 1 is 1.43 bits per heavy atom. The first-order valence-corrected chi connectivity index (χ1v) is 6.85. The molecule has 0 spiro atoms. The molecule has 1 aliphatic rings. The Morgan fingerprint density at radius 3 is 2.52 bits per heavy atom. The molecule has 7 heteroatoms. The molecule has 21 heavy (non-hydrogen) atoms. The number of nitrogens with zero attached hydrogens (tertiary/aromatic N) is 2. The highest BCUT2D eigenvalue weighted by Crippen LogP contribution is 2.30. The first-order valence-electron chi connectivity index (χ1n) is 6.85. The number of anilines is 1. The van der Waals surface area contributed by atoms with Crippen LogP contribution in [0.1, 0.15) is 30.1 Å². The van der Waals surface area contributed by atoms with Crippen LogP contribution in [0.15, 0.2) is 18.2 Å². The van der Waals surface area contributed by atoms with Crippen molar-refractivity contribution in [2.24, 2.45) is 5.92 Å². The lowest BCUT2D eigenvalue weighted by molar-refractivity contribution is -0.384. The Balaban J connectivity index is 2.24. The summed E-state index contributed by atoms with van der Waals surface area (Å²) in [6.07, 6.45) is 1.17. The zero-order chi connectivity index (χ0) is 15.6. The Labute approximate surface area is 122 Å². The molecule has 1 aromatic carbocycles. The molecule has 0 radical (unpaired) electrons. The summed E-state index contributed by atoms with van der Waals surface area (Å²) < 4.78 is 0. The summed E-state index contributed by atoms with van der Waals surface area (Å²) in [5.41, 5.74) is 0.215. The van der Waals surface area contributed by atoms with E-state index in [1.54, 1.807) is 6.92 Å². The van der Waals surface area contributed by atoms with Crippen molar-refractivity contribution in [2.45, 2.75) is 25.9 Å². The molecule has 1 aliphatic heterocycles. The van der Waals surface area contributed by atoms with Crippen molar-refractivity contribution in [3.8, 4) is 0 Å². The molecular weight excluding hydrogens is 276 g/mol. The Kier molecular flexibility index (Phi) is 4.42. The summed E-state index contributed by atoms with van der Waals surface area (Å²) in [5.74, 6) is -0.959. The standard InChI is InChI=1S/C14H18N2O5/c1-9(17)10-4-6-15(7-5-10)13-3-2-11(16(20)21)8-12(13)14(18)19/h2-3,8-10,17H,4-7H2,1H3,(H,18,19). The van der Waals surface area contributed by atoms with E-state index in [1.165, 1.54) is 12.1 Å². The number of aliphatic hydroxyl groups is 1. The maximum atomic E-state index is 11.3. The number of carboxylic acid groups (broad SMARTS) is 1. The predicted molar refractivity (Wildman–Crippen MR) is 76.7 cm³/mol. The molecule has 1 atom stereocenters. The van der Waals surface area contributed by atoms with Crippen LogP contribution in [0.2, 0.25) is 0 Å². The molecular formula is C14H18N2O5. The Bertz CT molecular complexity index is 550. The van der Waals surface area contributed by atoms with Gasteiger partial charge in [0.05, 0.1) is 22.3 Å². The van der Waals surface area contributed by atoms with Gasteiger partial charge in [0.15, 0.2) is 0 Å². The summed E-state index contributed by atoms with van der Waals surface area (Å²) in [6, 6.07) is 3.91. The Morgan fingerprint density at radius 2 is 2.05 bits per heavy atom.